The molecule has 4 nitrogen and oxygen atoms in total. The van der Waals surface area contributed by atoms with Crippen LogP contribution in [0.1, 0.15) is 0 Å². The summed E-state index contributed by atoms with van der Waals surface area (Å²) < 4.78 is 8.26. The molecule has 2 heterocycles. The van der Waals surface area contributed by atoms with Gasteiger partial charge in [0.25, 0.3) is 0 Å². The van der Waals surface area contributed by atoms with Gasteiger partial charge in [-0.3, -0.25) is 4.98 Å². The number of ether oxygens (including phenoxy) is 1. The minimum atomic E-state index is 0.771. The Labute approximate surface area is 169 Å². The van der Waals surface area contributed by atoms with Gasteiger partial charge in [-0.1, -0.05) is 42.5 Å². The summed E-state index contributed by atoms with van der Waals surface area (Å²) in [7, 11) is 2.04. The zero-order chi connectivity index (χ0) is 19.6. The van der Waals surface area contributed by atoms with Gasteiger partial charge in [0.15, 0.2) is 0 Å². The van der Waals surface area contributed by atoms with Gasteiger partial charge in [0.1, 0.15) is 17.3 Å². The number of pyridine rings is 1. The van der Waals surface area contributed by atoms with E-state index >= 15 is 0 Å². The lowest BCUT2D eigenvalue weighted by Gasteiger charge is -2.09. The van der Waals surface area contributed by atoms with Crippen molar-refractivity contribution in [3.8, 4) is 34.1 Å². The summed E-state index contributed by atoms with van der Waals surface area (Å²) in [5.41, 5.74) is 5.05. The van der Waals surface area contributed by atoms with Gasteiger partial charge >= 0.3 is 0 Å². The maximum absolute atomic E-state index is 6.15. The van der Waals surface area contributed by atoms with Crippen molar-refractivity contribution in [2.75, 3.05) is 0 Å². The van der Waals surface area contributed by atoms with E-state index in [2.05, 4.69) is 21.7 Å². The molecule has 0 unspecified atom stereocenters. The lowest BCUT2D eigenvalue weighted by molar-refractivity contribution is 0.483. The molecule has 140 valence electrons. The largest absolute Gasteiger partial charge is 0.457 e. The zero-order valence-electron chi connectivity index (χ0n) is 16.0. The van der Waals surface area contributed by atoms with Crippen molar-refractivity contribution < 1.29 is 4.74 Å². The molecule has 0 radical (unpaired) electrons. The summed E-state index contributed by atoms with van der Waals surface area (Å²) in [5.74, 6) is 2.46. The minimum absolute atomic E-state index is 0.771. The molecule has 0 aliphatic rings. The molecule has 0 aliphatic carbocycles. The third kappa shape index (κ3) is 3.36. The number of hydrogen-bond donors (Lipinski definition) is 0. The number of nitrogens with zero attached hydrogens (tertiary/aromatic N) is 3. The van der Waals surface area contributed by atoms with Crippen LogP contribution in [0.3, 0.4) is 0 Å². The standard InChI is InChI=1S/C25H19N3O/c1-28-24-14-3-2-13-23(24)27-25(28)19-9-7-11-21(17-19)29-20-10-6-8-18(16-20)22-12-4-5-15-26-22/h2-17H,1H3. The third-order valence-corrected chi connectivity index (χ3v) is 4.91. The van der Waals surface area contributed by atoms with Crippen LogP contribution in [0.15, 0.2) is 97.2 Å². The zero-order valence-corrected chi connectivity index (χ0v) is 16.0. The van der Waals surface area contributed by atoms with E-state index in [1.807, 2.05) is 85.9 Å². The molecule has 0 saturated carbocycles. The van der Waals surface area contributed by atoms with Crippen LogP contribution in [0.4, 0.5) is 0 Å². The van der Waals surface area contributed by atoms with Crippen molar-refractivity contribution in [1.82, 2.24) is 14.5 Å². The average Bonchev–Trinajstić information content (AvgIpc) is 3.12. The molecule has 5 rings (SSSR count). The summed E-state index contributed by atoms with van der Waals surface area (Å²) in [6.07, 6.45) is 1.79. The predicted molar refractivity (Wildman–Crippen MR) is 116 cm³/mol. The van der Waals surface area contributed by atoms with E-state index in [1.54, 1.807) is 6.20 Å². The van der Waals surface area contributed by atoms with Crippen LogP contribution < -0.4 is 4.74 Å². The number of benzene rings is 3. The van der Waals surface area contributed by atoms with E-state index in [1.165, 1.54) is 0 Å². The highest BCUT2D eigenvalue weighted by molar-refractivity contribution is 5.80. The van der Waals surface area contributed by atoms with Crippen molar-refractivity contribution in [2.24, 2.45) is 7.05 Å². The van der Waals surface area contributed by atoms with Crippen molar-refractivity contribution in [1.29, 1.82) is 0 Å². The van der Waals surface area contributed by atoms with Gasteiger partial charge in [-0.15, -0.1) is 0 Å². The van der Waals surface area contributed by atoms with E-state index in [-0.39, 0.29) is 0 Å². The summed E-state index contributed by atoms with van der Waals surface area (Å²) in [6.45, 7) is 0. The Morgan fingerprint density at radius 1 is 0.724 bits per heavy atom. The van der Waals surface area contributed by atoms with Gasteiger partial charge in [0.2, 0.25) is 0 Å². The number of rotatable bonds is 4. The van der Waals surface area contributed by atoms with E-state index in [9.17, 15) is 0 Å². The fourth-order valence-corrected chi connectivity index (χ4v) is 3.49. The molecule has 5 aromatic rings. The van der Waals surface area contributed by atoms with Gasteiger partial charge < -0.3 is 9.30 Å². The second-order valence-electron chi connectivity index (χ2n) is 6.86. The van der Waals surface area contributed by atoms with E-state index < -0.39 is 0 Å². The Morgan fingerprint density at radius 2 is 1.45 bits per heavy atom. The molecular formula is C25H19N3O. The number of aryl methyl sites for hydroxylation is 1. The smallest absolute Gasteiger partial charge is 0.140 e. The molecule has 3 aromatic carbocycles. The molecule has 0 aliphatic heterocycles. The first-order valence-corrected chi connectivity index (χ1v) is 9.49. The van der Waals surface area contributed by atoms with Crippen molar-refractivity contribution in [3.63, 3.8) is 0 Å². The van der Waals surface area contributed by atoms with Crippen LogP contribution in [-0.2, 0) is 7.05 Å². The summed E-state index contributed by atoms with van der Waals surface area (Å²) in [6, 6.07) is 30.0. The fourth-order valence-electron chi connectivity index (χ4n) is 3.49. The number of imidazole rings is 1. The molecule has 0 atom stereocenters. The summed E-state index contributed by atoms with van der Waals surface area (Å²) in [4.78, 5) is 9.20. The van der Waals surface area contributed by atoms with Crippen LogP contribution in [0.25, 0.3) is 33.7 Å². The second kappa shape index (κ2) is 7.24. The lowest BCUT2D eigenvalue weighted by Crippen LogP contribution is -1.93. The summed E-state index contributed by atoms with van der Waals surface area (Å²) in [5, 5.41) is 0. The quantitative estimate of drug-likeness (QED) is 0.380. The van der Waals surface area contributed by atoms with Crippen molar-refractivity contribution in [3.05, 3.63) is 97.2 Å². The van der Waals surface area contributed by atoms with Crippen molar-refractivity contribution >= 4 is 11.0 Å². The monoisotopic (exact) mass is 377 g/mol. The number of hydrogen-bond acceptors (Lipinski definition) is 3. The van der Waals surface area contributed by atoms with Crippen LogP contribution in [0, 0.1) is 0 Å². The Kier molecular flexibility index (Phi) is 4.30. The first kappa shape index (κ1) is 17.2. The second-order valence-corrected chi connectivity index (χ2v) is 6.86. The van der Waals surface area contributed by atoms with Crippen LogP contribution in [0.2, 0.25) is 0 Å². The average molecular weight is 377 g/mol. The first-order chi connectivity index (χ1) is 14.3. The molecule has 2 aromatic heterocycles. The highest BCUT2D eigenvalue weighted by Crippen LogP contribution is 2.30. The molecule has 0 N–H and O–H groups in total. The topological polar surface area (TPSA) is 39.9 Å². The normalized spacial score (nSPS) is 10.9. The van der Waals surface area contributed by atoms with E-state index in [4.69, 9.17) is 9.72 Å². The van der Waals surface area contributed by atoms with Crippen LogP contribution >= 0.6 is 0 Å². The van der Waals surface area contributed by atoms with E-state index in [0.29, 0.717) is 0 Å². The molecule has 0 spiro atoms. The molecule has 0 saturated heterocycles. The maximum Gasteiger partial charge on any atom is 0.140 e. The SMILES string of the molecule is Cn1c(-c2cccc(Oc3cccc(-c4ccccn4)c3)c2)nc2ccccc21. The van der Waals surface area contributed by atoms with E-state index in [0.717, 1.165) is 45.2 Å². The van der Waals surface area contributed by atoms with Crippen molar-refractivity contribution in [2.45, 2.75) is 0 Å². The maximum atomic E-state index is 6.15. The Morgan fingerprint density at radius 3 is 2.21 bits per heavy atom. The number of fused-ring (bicyclic) bond motifs is 1. The van der Waals surface area contributed by atoms with Gasteiger partial charge in [-0.2, -0.15) is 0 Å². The molecule has 0 amide bonds. The van der Waals surface area contributed by atoms with Crippen LogP contribution in [-0.4, -0.2) is 14.5 Å². The van der Waals surface area contributed by atoms with Gasteiger partial charge in [-0.05, 0) is 48.5 Å². The fraction of sp³-hybridized carbons (Fsp3) is 0.0400. The van der Waals surface area contributed by atoms with Gasteiger partial charge in [0.05, 0.1) is 16.7 Å². The highest BCUT2D eigenvalue weighted by Gasteiger charge is 2.10. The van der Waals surface area contributed by atoms with Crippen LogP contribution in [0.5, 0.6) is 11.5 Å². The molecule has 0 fully saturated rings. The first-order valence-electron chi connectivity index (χ1n) is 9.49. The van der Waals surface area contributed by atoms with Gasteiger partial charge in [0, 0.05) is 24.4 Å². The number of para-hydroxylation sites is 2. The molecular weight excluding hydrogens is 358 g/mol. The molecule has 0 bridgehead atoms. The molecule has 4 heteroatoms. The number of aromatic nitrogens is 3. The Bertz CT molecular complexity index is 1290. The Hall–Kier alpha value is -3.92. The van der Waals surface area contributed by atoms with Gasteiger partial charge in [-0.25, -0.2) is 4.98 Å². The highest BCUT2D eigenvalue weighted by atomic mass is 16.5. The third-order valence-electron chi connectivity index (χ3n) is 4.91. The Balaban J connectivity index is 1.47. The minimum Gasteiger partial charge on any atom is -0.457 e. The molecule has 29 heavy (non-hydrogen) atoms. The summed E-state index contributed by atoms with van der Waals surface area (Å²) >= 11 is 0. The predicted octanol–water partition coefficient (Wildman–Crippen LogP) is 6.09. The lowest BCUT2D eigenvalue weighted by atomic mass is 10.1.